The highest BCUT2D eigenvalue weighted by Crippen LogP contribution is 2.21. The monoisotopic (exact) mass is 479 g/mol. The number of carbonyl (C=O) groups excluding carboxylic acids is 1. The third-order valence-corrected chi connectivity index (χ3v) is 9.40. The molecule has 0 bridgehead atoms. The number of amides is 1. The summed E-state index contributed by atoms with van der Waals surface area (Å²) in [6.45, 7) is 2.04. The van der Waals surface area contributed by atoms with Crippen molar-refractivity contribution < 1.29 is 26.4 Å². The van der Waals surface area contributed by atoms with E-state index < -0.39 is 20.0 Å². The first-order chi connectivity index (χ1) is 15.3. The van der Waals surface area contributed by atoms with E-state index in [2.05, 4.69) is 0 Å². The highest BCUT2D eigenvalue weighted by molar-refractivity contribution is 7.89. The fraction of sp³-hybridized carbons (Fsp3) is 0.381. The summed E-state index contributed by atoms with van der Waals surface area (Å²) >= 11 is 0. The molecule has 0 aliphatic carbocycles. The Morgan fingerprint density at radius 2 is 1.25 bits per heavy atom. The second-order valence-corrected chi connectivity index (χ2v) is 11.4. The number of piperazine rings is 1. The van der Waals surface area contributed by atoms with E-state index in [1.807, 2.05) is 0 Å². The quantitative estimate of drug-likeness (QED) is 0.630. The molecule has 0 unspecified atom stereocenters. The Labute approximate surface area is 188 Å². The Hall–Kier alpha value is -2.31. The molecule has 2 fully saturated rings. The Morgan fingerprint density at radius 3 is 1.91 bits per heavy atom. The van der Waals surface area contributed by atoms with Crippen molar-refractivity contribution >= 4 is 26.0 Å². The van der Waals surface area contributed by atoms with E-state index in [4.69, 9.17) is 4.74 Å². The SMILES string of the molecule is O=C(c1cccc(S(=O)(=O)N2CCOCC2)c1)N1CCN(S(=O)(=O)c2ccccc2)CC1. The highest BCUT2D eigenvalue weighted by atomic mass is 32.2. The lowest BCUT2D eigenvalue weighted by molar-refractivity contribution is 0.0697. The molecule has 2 heterocycles. The molecule has 11 heteroatoms. The maximum atomic E-state index is 13.0. The summed E-state index contributed by atoms with van der Waals surface area (Å²) < 4.78 is 59.3. The van der Waals surface area contributed by atoms with E-state index in [-0.39, 0.29) is 60.5 Å². The highest BCUT2D eigenvalue weighted by Gasteiger charge is 2.31. The van der Waals surface area contributed by atoms with Crippen LogP contribution < -0.4 is 0 Å². The van der Waals surface area contributed by atoms with Crippen molar-refractivity contribution in [2.45, 2.75) is 9.79 Å². The number of sulfonamides is 2. The second-order valence-electron chi connectivity index (χ2n) is 7.55. The molecule has 2 aliphatic rings. The topological polar surface area (TPSA) is 104 Å². The van der Waals surface area contributed by atoms with Crippen molar-refractivity contribution in [2.24, 2.45) is 0 Å². The summed E-state index contributed by atoms with van der Waals surface area (Å²) in [5.74, 6) is -0.319. The first-order valence-corrected chi connectivity index (χ1v) is 13.2. The standard InChI is InChI=1S/C21H25N3O6S2/c25-21(18-5-4-8-20(17-18)32(28,29)24-13-15-30-16-14-24)22-9-11-23(12-10-22)31(26,27)19-6-2-1-3-7-19/h1-8,17H,9-16H2. The molecule has 0 aromatic heterocycles. The van der Waals surface area contributed by atoms with Gasteiger partial charge in [-0.1, -0.05) is 24.3 Å². The molecule has 32 heavy (non-hydrogen) atoms. The van der Waals surface area contributed by atoms with Gasteiger partial charge in [-0.3, -0.25) is 4.79 Å². The smallest absolute Gasteiger partial charge is 0.253 e. The molecular formula is C21H25N3O6S2. The number of rotatable bonds is 5. The molecule has 1 amide bonds. The summed E-state index contributed by atoms with van der Waals surface area (Å²) in [7, 11) is -7.33. The first kappa shape index (κ1) is 22.9. The number of ether oxygens (including phenoxy) is 1. The van der Waals surface area contributed by atoms with Crippen molar-refractivity contribution in [1.82, 2.24) is 13.5 Å². The van der Waals surface area contributed by atoms with Crippen LogP contribution in [0.25, 0.3) is 0 Å². The molecule has 2 aromatic rings. The van der Waals surface area contributed by atoms with Crippen LogP contribution in [0.4, 0.5) is 0 Å². The molecule has 0 N–H and O–H groups in total. The van der Waals surface area contributed by atoms with Crippen molar-refractivity contribution in [2.75, 3.05) is 52.5 Å². The van der Waals surface area contributed by atoms with Gasteiger partial charge < -0.3 is 9.64 Å². The van der Waals surface area contributed by atoms with Crippen LogP contribution in [0.5, 0.6) is 0 Å². The normalized spacial score (nSPS) is 19.1. The van der Waals surface area contributed by atoms with Crippen molar-refractivity contribution in [1.29, 1.82) is 0 Å². The first-order valence-electron chi connectivity index (χ1n) is 10.3. The van der Waals surface area contributed by atoms with E-state index >= 15 is 0 Å². The third kappa shape index (κ3) is 4.57. The molecule has 2 aliphatic heterocycles. The van der Waals surface area contributed by atoms with Gasteiger partial charge in [0.25, 0.3) is 5.91 Å². The van der Waals surface area contributed by atoms with Crippen molar-refractivity contribution in [3.63, 3.8) is 0 Å². The van der Waals surface area contributed by atoms with Crippen LogP contribution in [0.2, 0.25) is 0 Å². The van der Waals surface area contributed by atoms with Gasteiger partial charge in [0.1, 0.15) is 0 Å². The Kier molecular flexibility index (Phi) is 6.63. The van der Waals surface area contributed by atoms with Crippen molar-refractivity contribution in [3.05, 3.63) is 60.2 Å². The van der Waals surface area contributed by atoms with Gasteiger partial charge in [-0.15, -0.1) is 0 Å². The van der Waals surface area contributed by atoms with Crippen LogP contribution in [0, 0.1) is 0 Å². The van der Waals surface area contributed by atoms with E-state index in [1.54, 1.807) is 47.4 Å². The average Bonchev–Trinajstić information content (AvgIpc) is 2.85. The molecule has 0 atom stereocenters. The molecule has 4 rings (SSSR count). The zero-order valence-corrected chi connectivity index (χ0v) is 19.1. The molecule has 0 radical (unpaired) electrons. The van der Waals surface area contributed by atoms with Gasteiger partial charge in [0, 0.05) is 44.8 Å². The predicted octanol–water partition coefficient (Wildman–Crippen LogP) is 0.854. The van der Waals surface area contributed by atoms with E-state index in [0.717, 1.165) is 0 Å². The molecule has 0 spiro atoms. The lowest BCUT2D eigenvalue weighted by atomic mass is 10.2. The fourth-order valence-electron chi connectivity index (χ4n) is 3.78. The number of hydrogen-bond acceptors (Lipinski definition) is 6. The number of benzene rings is 2. The van der Waals surface area contributed by atoms with E-state index in [9.17, 15) is 21.6 Å². The van der Waals surface area contributed by atoms with Crippen LogP contribution in [-0.2, 0) is 24.8 Å². The van der Waals surface area contributed by atoms with Crippen molar-refractivity contribution in [3.8, 4) is 0 Å². The predicted molar refractivity (Wildman–Crippen MR) is 117 cm³/mol. The number of nitrogens with zero attached hydrogens (tertiary/aromatic N) is 3. The van der Waals surface area contributed by atoms with E-state index in [0.29, 0.717) is 13.2 Å². The Balaban J connectivity index is 1.45. The van der Waals surface area contributed by atoms with Crippen LogP contribution in [0.15, 0.2) is 64.4 Å². The van der Waals surface area contributed by atoms with Gasteiger partial charge in [0.15, 0.2) is 0 Å². The number of carbonyl (C=O) groups is 1. The van der Waals surface area contributed by atoms with Crippen LogP contribution in [-0.4, -0.2) is 88.7 Å². The van der Waals surface area contributed by atoms with Gasteiger partial charge in [-0.2, -0.15) is 8.61 Å². The average molecular weight is 480 g/mol. The van der Waals surface area contributed by atoms with Gasteiger partial charge >= 0.3 is 0 Å². The zero-order valence-electron chi connectivity index (χ0n) is 17.5. The summed E-state index contributed by atoms with van der Waals surface area (Å²) in [6, 6.07) is 14.2. The van der Waals surface area contributed by atoms with Crippen LogP contribution in [0.3, 0.4) is 0 Å². The maximum absolute atomic E-state index is 13.0. The molecular weight excluding hydrogens is 454 g/mol. The fourth-order valence-corrected chi connectivity index (χ4v) is 6.68. The van der Waals surface area contributed by atoms with E-state index in [1.165, 1.54) is 20.7 Å². The zero-order chi connectivity index (χ0) is 22.8. The minimum absolute atomic E-state index is 0.0653. The second kappa shape index (κ2) is 9.28. The lowest BCUT2D eigenvalue weighted by Crippen LogP contribution is -2.50. The maximum Gasteiger partial charge on any atom is 0.253 e. The van der Waals surface area contributed by atoms with Gasteiger partial charge in [0.05, 0.1) is 23.0 Å². The number of morpholine rings is 1. The summed E-state index contributed by atoms with van der Waals surface area (Å²) in [4.78, 5) is 14.9. The summed E-state index contributed by atoms with van der Waals surface area (Å²) in [5, 5.41) is 0. The molecule has 172 valence electrons. The Morgan fingerprint density at radius 1 is 0.688 bits per heavy atom. The lowest BCUT2D eigenvalue weighted by Gasteiger charge is -2.34. The van der Waals surface area contributed by atoms with Gasteiger partial charge in [-0.25, -0.2) is 16.8 Å². The summed E-state index contributed by atoms with van der Waals surface area (Å²) in [6.07, 6.45) is 0. The Bertz CT molecular complexity index is 1170. The third-order valence-electron chi connectivity index (χ3n) is 5.60. The largest absolute Gasteiger partial charge is 0.379 e. The molecule has 2 aromatic carbocycles. The minimum atomic E-state index is -3.71. The summed E-state index contributed by atoms with van der Waals surface area (Å²) in [5.41, 5.74) is 0.263. The number of hydrogen-bond donors (Lipinski definition) is 0. The van der Waals surface area contributed by atoms with Gasteiger partial charge in [0.2, 0.25) is 20.0 Å². The molecule has 9 nitrogen and oxygen atoms in total. The van der Waals surface area contributed by atoms with Gasteiger partial charge in [-0.05, 0) is 30.3 Å². The molecule has 0 saturated carbocycles. The van der Waals surface area contributed by atoms with Crippen LogP contribution in [0.1, 0.15) is 10.4 Å². The van der Waals surface area contributed by atoms with Crippen LogP contribution >= 0.6 is 0 Å². The minimum Gasteiger partial charge on any atom is -0.379 e. The molecule has 2 saturated heterocycles.